The van der Waals surface area contributed by atoms with Crippen LogP contribution in [0.4, 0.5) is 17.3 Å². The molecule has 0 fully saturated rings. The topological polar surface area (TPSA) is 66.4 Å². The Morgan fingerprint density at radius 3 is 2.52 bits per heavy atom. The smallest absolute Gasteiger partial charge is 0.243 e. The molecule has 0 unspecified atom stereocenters. The molecule has 0 atom stereocenters. The molecule has 2 aromatic rings. The van der Waals surface area contributed by atoms with E-state index in [9.17, 15) is 9.59 Å². The van der Waals surface area contributed by atoms with Crippen molar-refractivity contribution in [3.05, 3.63) is 41.7 Å². The predicted octanol–water partition coefficient (Wildman–Crippen LogP) is 2.16. The molecular formula is C14H11ClN4O2. The molecule has 0 bridgehead atoms. The molecule has 7 heteroatoms. The number of halogens is 1. The van der Waals surface area contributed by atoms with Gasteiger partial charge in [0.15, 0.2) is 0 Å². The molecule has 0 spiro atoms. The van der Waals surface area contributed by atoms with Gasteiger partial charge in [-0.3, -0.25) is 9.59 Å². The summed E-state index contributed by atoms with van der Waals surface area (Å²) in [5.41, 5.74) is 1.08. The number of rotatable bonds is 1. The number of fused-ring (bicyclic) bond motifs is 1. The quantitative estimate of drug-likeness (QED) is 0.757. The standard InChI is InChI=1S/C14H11ClN4O2/c1-18-10-4-3-9(15)7-11(10)19(13(21)8-12(18)20)14-16-5-2-6-17-14/h2-7H,8H2,1H3. The highest BCUT2D eigenvalue weighted by Gasteiger charge is 2.32. The molecule has 0 aliphatic carbocycles. The van der Waals surface area contributed by atoms with Gasteiger partial charge < -0.3 is 4.90 Å². The maximum atomic E-state index is 12.4. The molecule has 3 rings (SSSR count). The number of anilines is 3. The second-order valence-electron chi connectivity index (χ2n) is 4.54. The van der Waals surface area contributed by atoms with Crippen LogP contribution in [0, 0.1) is 0 Å². The predicted molar refractivity (Wildman–Crippen MR) is 78.7 cm³/mol. The molecule has 1 aromatic heterocycles. The van der Waals surface area contributed by atoms with Gasteiger partial charge in [-0.15, -0.1) is 0 Å². The van der Waals surface area contributed by atoms with Crippen LogP contribution in [-0.2, 0) is 9.59 Å². The van der Waals surface area contributed by atoms with Crippen molar-refractivity contribution in [2.45, 2.75) is 6.42 Å². The molecule has 1 aliphatic rings. The number of nitrogens with zero attached hydrogens (tertiary/aromatic N) is 4. The van der Waals surface area contributed by atoms with Gasteiger partial charge in [-0.2, -0.15) is 0 Å². The fourth-order valence-corrected chi connectivity index (χ4v) is 2.35. The number of carbonyl (C=O) groups excluding carboxylic acids is 2. The normalized spacial score (nSPS) is 15.0. The molecule has 1 aromatic carbocycles. The SMILES string of the molecule is CN1C(=O)CC(=O)N(c2ncccn2)c2cc(Cl)ccc21. The number of carbonyl (C=O) groups is 2. The Bertz CT molecular complexity index is 720. The van der Waals surface area contributed by atoms with Gasteiger partial charge in [0.2, 0.25) is 17.8 Å². The summed E-state index contributed by atoms with van der Waals surface area (Å²) in [4.78, 5) is 35.4. The molecule has 0 saturated carbocycles. The summed E-state index contributed by atoms with van der Waals surface area (Å²) in [6.45, 7) is 0. The van der Waals surface area contributed by atoms with E-state index in [2.05, 4.69) is 9.97 Å². The van der Waals surface area contributed by atoms with E-state index in [0.29, 0.717) is 16.4 Å². The van der Waals surface area contributed by atoms with E-state index >= 15 is 0 Å². The van der Waals surface area contributed by atoms with Crippen molar-refractivity contribution in [2.24, 2.45) is 0 Å². The van der Waals surface area contributed by atoms with E-state index in [-0.39, 0.29) is 24.2 Å². The van der Waals surface area contributed by atoms with Gasteiger partial charge in [-0.1, -0.05) is 11.6 Å². The molecular weight excluding hydrogens is 292 g/mol. The van der Waals surface area contributed by atoms with Gasteiger partial charge in [-0.25, -0.2) is 14.9 Å². The summed E-state index contributed by atoms with van der Waals surface area (Å²) in [6, 6.07) is 6.65. The van der Waals surface area contributed by atoms with Crippen molar-refractivity contribution < 1.29 is 9.59 Å². The van der Waals surface area contributed by atoms with Gasteiger partial charge in [0.05, 0.1) is 11.4 Å². The highest BCUT2D eigenvalue weighted by molar-refractivity contribution is 6.31. The first-order chi connectivity index (χ1) is 10.1. The number of hydrogen-bond donors (Lipinski definition) is 0. The van der Waals surface area contributed by atoms with Crippen molar-refractivity contribution >= 4 is 40.7 Å². The van der Waals surface area contributed by atoms with Crippen LogP contribution in [0.1, 0.15) is 6.42 Å². The molecule has 21 heavy (non-hydrogen) atoms. The van der Waals surface area contributed by atoms with Crippen molar-refractivity contribution in [1.29, 1.82) is 0 Å². The zero-order chi connectivity index (χ0) is 15.0. The minimum Gasteiger partial charge on any atom is -0.313 e. The summed E-state index contributed by atoms with van der Waals surface area (Å²) in [6.07, 6.45) is 2.83. The Balaban J connectivity index is 2.24. The number of aromatic nitrogens is 2. The highest BCUT2D eigenvalue weighted by Crippen LogP contribution is 2.37. The minimum absolute atomic E-state index is 0.217. The lowest BCUT2D eigenvalue weighted by Gasteiger charge is -2.22. The van der Waals surface area contributed by atoms with Crippen LogP contribution in [0.15, 0.2) is 36.7 Å². The zero-order valence-electron chi connectivity index (χ0n) is 11.2. The van der Waals surface area contributed by atoms with Gasteiger partial charge in [0, 0.05) is 24.5 Å². The maximum absolute atomic E-state index is 12.4. The van der Waals surface area contributed by atoms with Crippen LogP contribution in [0.5, 0.6) is 0 Å². The van der Waals surface area contributed by atoms with Gasteiger partial charge in [-0.05, 0) is 24.3 Å². The maximum Gasteiger partial charge on any atom is 0.243 e. The molecule has 0 radical (unpaired) electrons. The van der Waals surface area contributed by atoms with E-state index in [1.807, 2.05) is 0 Å². The Labute approximate surface area is 126 Å². The lowest BCUT2D eigenvalue weighted by atomic mass is 10.2. The Morgan fingerprint density at radius 1 is 1.10 bits per heavy atom. The van der Waals surface area contributed by atoms with Crippen LogP contribution in [-0.4, -0.2) is 28.8 Å². The van der Waals surface area contributed by atoms with Crippen molar-refractivity contribution in [3.63, 3.8) is 0 Å². The molecule has 1 aliphatic heterocycles. The molecule has 0 saturated heterocycles. The van der Waals surface area contributed by atoms with E-state index in [4.69, 9.17) is 11.6 Å². The van der Waals surface area contributed by atoms with E-state index < -0.39 is 0 Å². The second kappa shape index (κ2) is 5.14. The zero-order valence-corrected chi connectivity index (χ0v) is 11.9. The molecule has 2 amide bonds. The fourth-order valence-electron chi connectivity index (χ4n) is 2.18. The van der Waals surface area contributed by atoms with Crippen molar-refractivity contribution in [1.82, 2.24) is 9.97 Å². The lowest BCUT2D eigenvalue weighted by molar-refractivity contribution is -0.125. The summed E-state index contributed by atoms with van der Waals surface area (Å²) in [5, 5.41) is 0.463. The highest BCUT2D eigenvalue weighted by atomic mass is 35.5. The number of amides is 2. The van der Waals surface area contributed by atoms with Gasteiger partial charge in [0.1, 0.15) is 6.42 Å². The first-order valence-electron chi connectivity index (χ1n) is 6.24. The summed E-state index contributed by atoms with van der Waals surface area (Å²) < 4.78 is 0. The summed E-state index contributed by atoms with van der Waals surface area (Å²) >= 11 is 6.03. The van der Waals surface area contributed by atoms with Gasteiger partial charge in [0.25, 0.3) is 0 Å². The third-order valence-corrected chi connectivity index (χ3v) is 3.45. The molecule has 0 N–H and O–H groups in total. The van der Waals surface area contributed by atoms with Crippen molar-refractivity contribution in [3.8, 4) is 0 Å². The summed E-state index contributed by atoms with van der Waals surface area (Å²) in [7, 11) is 1.62. The van der Waals surface area contributed by atoms with Gasteiger partial charge >= 0.3 is 0 Å². The number of benzene rings is 1. The monoisotopic (exact) mass is 302 g/mol. The van der Waals surface area contributed by atoms with Crippen LogP contribution in [0.25, 0.3) is 0 Å². The Hall–Kier alpha value is -2.47. The third-order valence-electron chi connectivity index (χ3n) is 3.22. The lowest BCUT2D eigenvalue weighted by Crippen LogP contribution is -2.29. The second-order valence-corrected chi connectivity index (χ2v) is 4.98. The number of hydrogen-bond acceptors (Lipinski definition) is 4. The van der Waals surface area contributed by atoms with Crippen LogP contribution in [0.2, 0.25) is 5.02 Å². The first-order valence-corrected chi connectivity index (χ1v) is 6.62. The molecule has 2 heterocycles. The minimum atomic E-state index is -0.390. The Kier molecular flexibility index (Phi) is 3.31. The average Bonchev–Trinajstić information content (AvgIpc) is 2.56. The molecule has 106 valence electrons. The van der Waals surface area contributed by atoms with Crippen LogP contribution >= 0.6 is 11.6 Å². The first kappa shape index (κ1) is 13.5. The van der Waals surface area contributed by atoms with E-state index in [0.717, 1.165) is 0 Å². The van der Waals surface area contributed by atoms with E-state index in [1.54, 1.807) is 31.3 Å². The van der Waals surface area contributed by atoms with Crippen LogP contribution in [0.3, 0.4) is 0 Å². The van der Waals surface area contributed by atoms with E-state index in [1.165, 1.54) is 22.2 Å². The fraction of sp³-hybridized carbons (Fsp3) is 0.143. The summed E-state index contributed by atoms with van der Waals surface area (Å²) in [5.74, 6) is -0.463. The largest absolute Gasteiger partial charge is 0.313 e. The van der Waals surface area contributed by atoms with Crippen LogP contribution < -0.4 is 9.80 Å². The molecule has 6 nitrogen and oxygen atoms in total. The van der Waals surface area contributed by atoms with Crippen molar-refractivity contribution in [2.75, 3.05) is 16.8 Å². The average molecular weight is 303 g/mol. The third kappa shape index (κ3) is 2.34. The Morgan fingerprint density at radius 2 is 1.81 bits per heavy atom.